The average molecular weight is 388 g/mol. The van der Waals surface area contributed by atoms with E-state index in [1.54, 1.807) is 16.7 Å². The van der Waals surface area contributed by atoms with Gasteiger partial charge in [-0.25, -0.2) is 22.7 Å². The van der Waals surface area contributed by atoms with Crippen LogP contribution in [0.25, 0.3) is 11.4 Å². The van der Waals surface area contributed by atoms with Gasteiger partial charge in [0.1, 0.15) is 5.82 Å². The molecule has 2 aliphatic rings. The number of pyridine rings is 1. The van der Waals surface area contributed by atoms with Gasteiger partial charge in [0.25, 0.3) is 0 Å². The Morgan fingerprint density at radius 3 is 2.44 bits per heavy atom. The molecule has 2 aromatic rings. The summed E-state index contributed by atoms with van der Waals surface area (Å²) in [5.41, 5.74) is 1.92. The van der Waals surface area contributed by atoms with Gasteiger partial charge in [-0.2, -0.15) is 0 Å². The first kappa shape index (κ1) is 18.3. The molecule has 144 valence electrons. The zero-order chi connectivity index (χ0) is 18.9. The summed E-state index contributed by atoms with van der Waals surface area (Å²) in [4.78, 5) is 13.3. The number of sulfonamides is 1. The number of aromatic nitrogens is 3. The van der Waals surface area contributed by atoms with Crippen molar-refractivity contribution in [2.75, 3.05) is 18.4 Å². The van der Waals surface area contributed by atoms with Crippen LogP contribution in [0.4, 0.5) is 5.82 Å². The molecular formula is C19H25N5O2S. The topological polar surface area (TPSA) is 88.1 Å². The molecule has 1 aliphatic carbocycles. The fraction of sp³-hybridized carbons (Fsp3) is 0.526. The summed E-state index contributed by atoms with van der Waals surface area (Å²) in [6.07, 6.45) is 7.52. The van der Waals surface area contributed by atoms with Crippen molar-refractivity contribution in [3.05, 3.63) is 36.3 Å². The van der Waals surface area contributed by atoms with Gasteiger partial charge < -0.3 is 5.32 Å². The van der Waals surface area contributed by atoms with Crippen LogP contribution < -0.4 is 5.32 Å². The van der Waals surface area contributed by atoms with Crippen molar-refractivity contribution >= 4 is 15.8 Å². The van der Waals surface area contributed by atoms with Crippen molar-refractivity contribution in [3.63, 3.8) is 0 Å². The Kier molecular flexibility index (Phi) is 5.10. The Morgan fingerprint density at radius 1 is 1.11 bits per heavy atom. The molecular weight excluding hydrogens is 362 g/mol. The van der Waals surface area contributed by atoms with Gasteiger partial charge in [0, 0.05) is 48.8 Å². The molecule has 3 heterocycles. The van der Waals surface area contributed by atoms with Crippen molar-refractivity contribution in [3.8, 4) is 11.4 Å². The highest BCUT2D eigenvalue weighted by molar-refractivity contribution is 7.90. The quantitative estimate of drug-likeness (QED) is 0.819. The van der Waals surface area contributed by atoms with E-state index in [1.807, 2.05) is 18.2 Å². The van der Waals surface area contributed by atoms with Gasteiger partial charge in [0.2, 0.25) is 10.0 Å². The third-order valence-corrected chi connectivity index (χ3v) is 7.59. The third-order valence-electron chi connectivity index (χ3n) is 5.19. The van der Waals surface area contributed by atoms with E-state index in [0.29, 0.717) is 18.9 Å². The minimum absolute atomic E-state index is 0.126. The molecule has 8 heteroatoms. The molecule has 1 saturated heterocycles. The van der Waals surface area contributed by atoms with Crippen molar-refractivity contribution in [1.29, 1.82) is 0 Å². The van der Waals surface area contributed by atoms with Crippen LogP contribution in [0.1, 0.15) is 38.3 Å². The van der Waals surface area contributed by atoms with E-state index in [4.69, 9.17) is 0 Å². The zero-order valence-electron chi connectivity index (χ0n) is 15.5. The van der Waals surface area contributed by atoms with Crippen molar-refractivity contribution < 1.29 is 8.42 Å². The first-order valence-electron chi connectivity index (χ1n) is 9.60. The summed E-state index contributed by atoms with van der Waals surface area (Å²) in [5, 5.41) is 3.37. The number of piperidine rings is 1. The maximum atomic E-state index is 12.4. The summed E-state index contributed by atoms with van der Waals surface area (Å²) in [5.74, 6) is 1.49. The predicted octanol–water partition coefficient (Wildman–Crippen LogP) is 2.47. The predicted molar refractivity (Wildman–Crippen MR) is 105 cm³/mol. The third kappa shape index (κ3) is 4.11. The Bertz CT molecular complexity index is 892. The first-order chi connectivity index (χ1) is 13.1. The molecule has 0 spiro atoms. The van der Waals surface area contributed by atoms with Gasteiger partial charge in [-0.1, -0.05) is 6.92 Å². The van der Waals surface area contributed by atoms with E-state index >= 15 is 0 Å². The number of aryl methyl sites for hydroxylation is 1. The van der Waals surface area contributed by atoms with Crippen molar-refractivity contribution in [2.45, 2.75) is 50.3 Å². The molecule has 4 rings (SSSR count). The maximum absolute atomic E-state index is 12.4. The number of nitrogens with one attached hydrogen (secondary N) is 1. The minimum Gasteiger partial charge on any atom is -0.367 e. The van der Waals surface area contributed by atoms with E-state index < -0.39 is 10.0 Å². The maximum Gasteiger partial charge on any atom is 0.216 e. The summed E-state index contributed by atoms with van der Waals surface area (Å²) >= 11 is 0. The van der Waals surface area contributed by atoms with E-state index in [9.17, 15) is 8.42 Å². The Labute approximate surface area is 160 Å². The SMILES string of the molecule is CCc1cc(NC2CCN(S(=O)(=O)C3CC3)CC2)nc(-c2ccncc2)n1. The van der Waals surface area contributed by atoms with Gasteiger partial charge in [-0.15, -0.1) is 0 Å². The molecule has 1 N–H and O–H groups in total. The molecule has 7 nitrogen and oxygen atoms in total. The van der Waals surface area contributed by atoms with Crippen molar-refractivity contribution in [1.82, 2.24) is 19.3 Å². The number of anilines is 1. The Balaban J connectivity index is 1.45. The lowest BCUT2D eigenvalue weighted by Crippen LogP contribution is -2.43. The molecule has 0 bridgehead atoms. The molecule has 0 radical (unpaired) electrons. The Hall–Kier alpha value is -2.06. The van der Waals surface area contributed by atoms with Crippen molar-refractivity contribution in [2.24, 2.45) is 0 Å². The van der Waals surface area contributed by atoms with Crippen LogP contribution in [-0.2, 0) is 16.4 Å². The number of hydrogen-bond acceptors (Lipinski definition) is 6. The smallest absolute Gasteiger partial charge is 0.216 e. The van der Waals surface area contributed by atoms with Crippen LogP contribution in [0.2, 0.25) is 0 Å². The molecule has 0 aromatic carbocycles. The van der Waals surface area contributed by atoms with Gasteiger partial charge >= 0.3 is 0 Å². The highest BCUT2D eigenvalue weighted by Gasteiger charge is 2.41. The van der Waals surface area contributed by atoms with E-state index in [2.05, 4.69) is 27.2 Å². The molecule has 2 aromatic heterocycles. The van der Waals surface area contributed by atoms with E-state index in [1.165, 1.54) is 0 Å². The average Bonchev–Trinajstić information content (AvgIpc) is 3.55. The fourth-order valence-electron chi connectivity index (χ4n) is 3.42. The van der Waals surface area contributed by atoms with Crippen LogP contribution >= 0.6 is 0 Å². The van der Waals surface area contributed by atoms with Gasteiger partial charge in [-0.05, 0) is 44.2 Å². The van der Waals surface area contributed by atoms with Crippen LogP contribution in [0.5, 0.6) is 0 Å². The molecule has 1 aliphatic heterocycles. The van der Waals surface area contributed by atoms with Crippen LogP contribution in [0.3, 0.4) is 0 Å². The summed E-state index contributed by atoms with van der Waals surface area (Å²) < 4.78 is 26.4. The number of hydrogen-bond donors (Lipinski definition) is 1. The summed E-state index contributed by atoms with van der Waals surface area (Å²) in [6.45, 7) is 3.24. The second-order valence-electron chi connectivity index (χ2n) is 7.22. The fourth-order valence-corrected chi connectivity index (χ4v) is 5.30. The molecule has 1 saturated carbocycles. The summed E-state index contributed by atoms with van der Waals surface area (Å²) in [6, 6.07) is 6.01. The lowest BCUT2D eigenvalue weighted by atomic mass is 10.1. The van der Waals surface area contributed by atoms with E-state index in [0.717, 1.165) is 49.2 Å². The highest BCUT2D eigenvalue weighted by atomic mass is 32.2. The minimum atomic E-state index is -3.06. The summed E-state index contributed by atoms with van der Waals surface area (Å²) in [7, 11) is -3.06. The normalized spacial score (nSPS) is 19.1. The largest absolute Gasteiger partial charge is 0.367 e. The van der Waals surface area contributed by atoms with E-state index in [-0.39, 0.29) is 11.3 Å². The molecule has 27 heavy (non-hydrogen) atoms. The van der Waals surface area contributed by atoms with Crippen LogP contribution in [0, 0.1) is 0 Å². The second kappa shape index (κ2) is 7.52. The van der Waals surface area contributed by atoms with Gasteiger partial charge in [0.15, 0.2) is 5.82 Å². The van der Waals surface area contributed by atoms with Gasteiger partial charge in [-0.3, -0.25) is 4.98 Å². The molecule has 0 amide bonds. The zero-order valence-corrected chi connectivity index (χ0v) is 16.3. The molecule has 0 atom stereocenters. The number of rotatable bonds is 6. The molecule has 0 unspecified atom stereocenters. The van der Waals surface area contributed by atoms with Crippen LogP contribution in [0.15, 0.2) is 30.6 Å². The monoisotopic (exact) mass is 387 g/mol. The standard InChI is InChI=1S/C19H25N5O2S/c1-2-15-13-18(23-19(22-15)14-5-9-20-10-6-14)21-16-7-11-24(12-8-16)27(25,26)17-3-4-17/h5-6,9-10,13,16-17H,2-4,7-8,11-12H2,1H3,(H,21,22,23). The van der Waals surface area contributed by atoms with Gasteiger partial charge in [0.05, 0.1) is 5.25 Å². The Morgan fingerprint density at radius 2 is 1.81 bits per heavy atom. The lowest BCUT2D eigenvalue weighted by molar-refractivity contribution is 0.329. The highest BCUT2D eigenvalue weighted by Crippen LogP contribution is 2.32. The second-order valence-corrected chi connectivity index (χ2v) is 9.43. The lowest BCUT2D eigenvalue weighted by Gasteiger charge is -2.32. The molecule has 2 fully saturated rings. The first-order valence-corrected chi connectivity index (χ1v) is 11.1. The van der Waals surface area contributed by atoms with Crippen LogP contribution in [-0.4, -0.2) is 52.1 Å². The number of nitrogens with zero attached hydrogens (tertiary/aromatic N) is 4.